The molecule has 8 nitrogen and oxygen atoms in total. The molecule has 0 bridgehead atoms. The molecule has 8 heteroatoms. The maximum absolute atomic E-state index is 13.4. The third-order valence-electron chi connectivity index (χ3n) is 5.83. The van der Waals surface area contributed by atoms with E-state index in [1.54, 1.807) is 54.6 Å². The van der Waals surface area contributed by atoms with Gasteiger partial charge in [-0.15, -0.1) is 0 Å². The molecule has 2 heterocycles. The second-order valence-electron chi connectivity index (χ2n) is 7.83. The van der Waals surface area contributed by atoms with E-state index in [0.717, 1.165) is 10.5 Å². The number of aromatic nitrogens is 2. The summed E-state index contributed by atoms with van der Waals surface area (Å²) < 4.78 is 0. The van der Waals surface area contributed by atoms with Gasteiger partial charge in [0.25, 0.3) is 5.91 Å². The molecule has 1 atom stereocenters. The maximum Gasteiger partial charge on any atom is 0.413 e. The Morgan fingerprint density at radius 2 is 1.81 bits per heavy atom. The Morgan fingerprint density at radius 3 is 2.53 bits per heavy atom. The Labute approximate surface area is 183 Å². The number of nitrogens with one attached hydrogen (secondary N) is 1. The van der Waals surface area contributed by atoms with Gasteiger partial charge in [-0.3, -0.25) is 14.6 Å². The number of carboxylic acid groups (broad SMARTS) is 1. The molecule has 3 aromatic carbocycles. The van der Waals surface area contributed by atoms with Gasteiger partial charge >= 0.3 is 6.09 Å². The Hall–Kier alpha value is -4.17. The first-order chi connectivity index (χ1) is 15.3. The maximum atomic E-state index is 13.4. The number of rotatable bonds is 3. The average molecular weight is 428 g/mol. The van der Waals surface area contributed by atoms with Crippen molar-refractivity contribution in [2.75, 3.05) is 16.8 Å². The van der Waals surface area contributed by atoms with Gasteiger partial charge in [-0.05, 0) is 37.3 Å². The predicted octanol–water partition coefficient (Wildman–Crippen LogP) is 3.84. The molecule has 0 spiro atoms. The first-order valence-electron chi connectivity index (χ1n) is 10.0. The van der Waals surface area contributed by atoms with Crippen LogP contribution in [-0.4, -0.2) is 39.2 Å². The van der Waals surface area contributed by atoms with Gasteiger partial charge in [0, 0.05) is 29.4 Å². The fraction of sp³-hybridized carbons (Fsp3) is 0.125. The number of imidazole rings is 1. The van der Waals surface area contributed by atoms with Crippen molar-refractivity contribution < 1.29 is 19.8 Å². The summed E-state index contributed by atoms with van der Waals surface area (Å²) in [5.41, 5.74) is 2.27. The summed E-state index contributed by atoms with van der Waals surface area (Å²) >= 11 is 0. The van der Waals surface area contributed by atoms with Crippen LogP contribution in [0.2, 0.25) is 0 Å². The van der Waals surface area contributed by atoms with Gasteiger partial charge in [0.05, 0.1) is 11.0 Å². The summed E-state index contributed by atoms with van der Waals surface area (Å²) in [6, 6.07) is 19.5. The number of hydrogen-bond acceptors (Lipinski definition) is 4. The number of benzene rings is 3. The van der Waals surface area contributed by atoms with Gasteiger partial charge in [0.1, 0.15) is 0 Å². The van der Waals surface area contributed by atoms with Crippen molar-refractivity contribution in [2.45, 2.75) is 12.6 Å². The smallest absolute Gasteiger partial charge is 0.413 e. The SMILES string of the molecule is Cc1ccc(N2C(=O)c3ccccc3C2(O)c2ccc3[nH]c(N(C)C(=O)O)nc3c2)cc1. The van der Waals surface area contributed by atoms with E-state index in [-0.39, 0.29) is 11.9 Å². The molecule has 0 aliphatic carbocycles. The number of aryl methyl sites for hydroxylation is 1. The van der Waals surface area contributed by atoms with Crippen molar-refractivity contribution in [3.63, 3.8) is 0 Å². The van der Waals surface area contributed by atoms with E-state index in [2.05, 4.69) is 9.97 Å². The number of aliphatic hydroxyl groups is 1. The number of aromatic amines is 1. The average Bonchev–Trinajstić information content (AvgIpc) is 3.31. The molecule has 160 valence electrons. The number of H-pyrrole nitrogens is 1. The molecule has 0 radical (unpaired) electrons. The predicted molar refractivity (Wildman–Crippen MR) is 120 cm³/mol. The summed E-state index contributed by atoms with van der Waals surface area (Å²) in [4.78, 5) is 34.3. The Bertz CT molecular complexity index is 1380. The normalized spacial score (nSPS) is 17.6. The van der Waals surface area contributed by atoms with E-state index in [4.69, 9.17) is 0 Å². The lowest BCUT2D eigenvalue weighted by Gasteiger charge is -2.35. The number of carbonyl (C=O) groups excluding carboxylic acids is 1. The third kappa shape index (κ3) is 2.77. The van der Waals surface area contributed by atoms with Crippen LogP contribution in [-0.2, 0) is 5.72 Å². The Balaban J connectivity index is 1.71. The zero-order chi connectivity index (χ0) is 22.6. The third-order valence-corrected chi connectivity index (χ3v) is 5.83. The fourth-order valence-electron chi connectivity index (χ4n) is 4.10. The molecule has 2 amide bonds. The zero-order valence-corrected chi connectivity index (χ0v) is 17.4. The number of hydrogen-bond donors (Lipinski definition) is 3. The van der Waals surface area contributed by atoms with E-state index in [9.17, 15) is 19.8 Å². The van der Waals surface area contributed by atoms with Crippen LogP contribution in [0.15, 0.2) is 66.7 Å². The highest BCUT2D eigenvalue weighted by Crippen LogP contribution is 2.45. The molecule has 1 aliphatic heterocycles. The lowest BCUT2D eigenvalue weighted by Crippen LogP contribution is -2.45. The largest absolute Gasteiger partial charge is 0.465 e. The summed E-state index contributed by atoms with van der Waals surface area (Å²) in [5, 5.41) is 21.3. The molecule has 1 aromatic heterocycles. The summed E-state index contributed by atoms with van der Waals surface area (Å²) in [6.45, 7) is 1.95. The second-order valence-corrected chi connectivity index (χ2v) is 7.83. The summed E-state index contributed by atoms with van der Waals surface area (Å²) in [6.07, 6.45) is -1.15. The van der Waals surface area contributed by atoms with E-state index >= 15 is 0 Å². The zero-order valence-electron chi connectivity index (χ0n) is 17.4. The van der Waals surface area contributed by atoms with E-state index in [1.807, 2.05) is 19.1 Å². The minimum absolute atomic E-state index is 0.162. The molecule has 4 aromatic rings. The molecule has 0 saturated carbocycles. The number of carbonyl (C=O) groups is 2. The van der Waals surface area contributed by atoms with Crippen LogP contribution in [0.5, 0.6) is 0 Å². The molecule has 1 aliphatic rings. The molecule has 0 saturated heterocycles. The van der Waals surface area contributed by atoms with Crippen LogP contribution >= 0.6 is 0 Å². The number of amides is 2. The van der Waals surface area contributed by atoms with E-state index < -0.39 is 11.8 Å². The van der Waals surface area contributed by atoms with Crippen molar-refractivity contribution in [1.82, 2.24) is 9.97 Å². The standard InChI is InChI=1S/C24H20N4O4/c1-14-7-10-16(11-8-14)28-21(29)17-5-3-4-6-18(17)24(28,32)15-9-12-19-20(13-15)26-22(25-19)27(2)23(30)31/h3-13,32H,1-2H3,(H,25,26)(H,30,31). The quantitative estimate of drug-likeness (QED) is 0.459. The minimum atomic E-state index is -1.76. The van der Waals surface area contributed by atoms with E-state index in [1.165, 1.54) is 11.9 Å². The van der Waals surface area contributed by atoms with Crippen molar-refractivity contribution in [3.05, 3.63) is 89.0 Å². The molecular formula is C24H20N4O4. The monoisotopic (exact) mass is 428 g/mol. The fourth-order valence-corrected chi connectivity index (χ4v) is 4.10. The van der Waals surface area contributed by atoms with Gasteiger partial charge in [0.15, 0.2) is 5.72 Å². The molecule has 32 heavy (non-hydrogen) atoms. The second kappa shape index (κ2) is 6.93. The summed E-state index contributed by atoms with van der Waals surface area (Å²) in [5.74, 6) is -0.143. The Kier molecular flexibility index (Phi) is 4.28. The highest BCUT2D eigenvalue weighted by molar-refractivity contribution is 6.12. The molecule has 5 rings (SSSR count). The molecule has 1 unspecified atom stereocenters. The van der Waals surface area contributed by atoms with Crippen molar-refractivity contribution in [2.24, 2.45) is 0 Å². The van der Waals surface area contributed by atoms with Crippen molar-refractivity contribution in [3.8, 4) is 0 Å². The van der Waals surface area contributed by atoms with Gasteiger partial charge < -0.3 is 15.2 Å². The highest BCUT2D eigenvalue weighted by atomic mass is 16.4. The van der Waals surface area contributed by atoms with Crippen LogP contribution in [0, 0.1) is 6.92 Å². The first-order valence-corrected chi connectivity index (χ1v) is 10.0. The molecule has 3 N–H and O–H groups in total. The van der Waals surface area contributed by atoms with Crippen molar-refractivity contribution >= 4 is 34.7 Å². The van der Waals surface area contributed by atoms with Gasteiger partial charge in [-0.1, -0.05) is 42.0 Å². The van der Waals surface area contributed by atoms with E-state index in [0.29, 0.717) is 33.4 Å². The van der Waals surface area contributed by atoms with Crippen LogP contribution in [0.4, 0.5) is 16.4 Å². The summed E-state index contributed by atoms with van der Waals surface area (Å²) in [7, 11) is 1.39. The van der Waals surface area contributed by atoms with Gasteiger partial charge in [0.2, 0.25) is 5.95 Å². The number of anilines is 2. The highest BCUT2D eigenvalue weighted by Gasteiger charge is 2.50. The number of fused-ring (bicyclic) bond motifs is 2. The van der Waals surface area contributed by atoms with Crippen LogP contribution in [0.1, 0.15) is 27.0 Å². The minimum Gasteiger partial charge on any atom is -0.465 e. The topological polar surface area (TPSA) is 110 Å². The van der Waals surface area contributed by atoms with Crippen LogP contribution < -0.4 is 9.80 Å². The van der Waals surface area contributed by atoms with Gasteiger partial charge in [-0.2, -0.15) is 0 Å². The molecular weight excluding hydrogens is 408 g/mol. The van der Waals surface area contributed by atoms with Crippen molar-refractivity contribution in [1.29, 1.82) is 0 Å². The first kappa shape index (κ1) is 19.8. The molecule has 0 fully saturated rings. The van der Waals surface area contributed by atoms with Crippen LogP contribution in [0.3, 0.4) is 0 Å². The van der Waals surface area contributed by atoms with Crippen LogP contribution in [0.25, 0.3) is 11.0 Å². The Morgan fingerprint density at radius 1 is 1.09 bits per heavy atom. The van der Waals surface area contributed by atoms with Gasteiger partial charge in [-0.25, -0.2) is 9.78 Å². The lowest BCUT2D eigenvalue weighted by molar-refractivity contribution is 0.0704. The lowest BCUT2D eigenvalue weighted by atomic mass is 9.93. The number of nitrogens with zero attached hydrogens (tertiary/aromatic N) is 3.